The van der Waals surface area contributed by atoms with E-state index >= 15 is 0 Å². The van der Waals surface area contributed by atoms with Gasteiger partial charge in [-0.2, -0.15) is 0 Å². The zero-order valence-corrected chi connectivity index (χ0v) is 17.7. The molecule has 1 amide bonds. The Morgan fingerprint density at radius 1 is 1.17 bits per heavy atom. The zero-order valence-electron chi connectivity index (χ0n) is 16.9. The van der Waals surface area contributed by atoms with Crippen molar-refractivity contribution < 1.29 is 15.3 Å². The number of carbonyl (C=O) groups is 1. The second kappa shape index (κ2) is 9.43. The molecular weight excluding hydrogens is 386 g/mol. The smallest absolute Gasteiger partial charge is 0.255 e. The molecule has 2 atom stereocenters. The molecule has 1 aliphatic carbocycles. The maximum Gasteiger partial charge on any atom is 0.255 e. The van der Waals surface area contributed by atoms with E-state index in [1.807, 2.05) is 41.3 Å². The summed E-state index contributed by atoms with van der Waals surface area (Å²) in [6.07, 6.45) is 7.29. The molecule has 0 radical (unpaired) electrons. The van der Waals surface area contributed by atoms with Crippen molar-refractivity contribution in [2.45, 2.75) is 31.4 Å². The summed E-state index contributed by atoms with van der Waals surface area (Å²) in [6, 6.07) is 10.4. The number of piperidine rings is 1. The summed E-state index contributed by atoms with van der Waals surface area (Å²) in [5, 5.41) is 0.591. The SMILES string of the molecule is [NH3+]CC1CCN(C2C=C(Cl)C(C(=O)N3CCOC(c4ccccc4)C3)=CC2)CC1. The van der Waals surface area contributed by atoms with E-state index in [1.54, 1.807) is 0 Å². The quantitative estimate of drug-likeness (QED) is 0.819. The van der Waals surface area contributed by atoms with Crippen molar-refractivity contribution in [2.24, 2.45) is 5.92 Å². The lowest BCUT2D eigenvalue weighted by Gasteiger charge is -2.37. The molecule has 5 nitrogen and oxygen atoms in total. The van der Waals surface area contributed by atoms with Crippen LogP contribution in [0.5, 0.6) is 0 Å². The minimum atomic E-state index is -0.0806. The zero-order chi connectivity index (χ0) is 20.2. The number of halogens is 1. The summed E-state index contributed by atoms with van der Waals surface area (Å²) in [7, 11) is 0. The van der Waals surface area contributed by atoms with E-state index in [4.69, 9.17) is 16.3 Å². The number of benzene rings is 1. The second-order valence-corrected chi connectivity index (χ2v) is 8.63. The predicted octanol–water partition coefficient (Wildman–Crippen LogP) is 2.36. The van der Waals surface area contributed by atoms with Gasteiger partial charge >= 0.3 is 0 Å². The Labute approximate surface area is 178 Å². The van der Waals surface area contributed by atoms with Crippen LogP contribution >= 0.6 is 11.6 Å². The molecule has 0 saturated carbocycles. The summed E-state index contributed by atoms with van der Waals surface area (Å²) in [5.74, 6) is 0.769. The van der Waals surface area contributed by atoms with E-state index in [2.05, 4.69) is 16.7 Å². The van der Waals surface area contributed by atoms with Crippen LogP contribution in [-0.2, 0) is 9.53 Å². The minimum absolute atomic E-state index is 0.0182. The maximum atomic E-state index is 13.2. The molecule has 2 fully saturated rings. The Balaban J connectivity index is 1.38. The average Bonchev–Trinajstić information content (AvgIpc) is 2.79. The van der Waals surface area contributed by atoms with Gasteiger partial charge in [-0.05, 0) is 44.0 Å². The van der Waals surface area contributed by atoms with Crippen molar-refractivity contribution in [3.63, 3.8) is 0 Å². The third-order valence-corrected chi connectivity index (χ3v) is 6.77. The molecule has 3 N–H and O–H groups in total. The predicted molar refractivity (Wildman–Crippen MR) is 114 cm³/mol. The number of ether oxygens (including phenoxy) is 1. The summed E-state index contributed by atoms with van der Waals surface area (Å²) in [4.78, 5) is 17.5. The van der Waals surface area contributed by atoms with E-state index < -0.39 is 0 Å². The molecule has 0 bridgehead atoms. The fourth-order valence-electron chi connectivity index (χ4n) is 4.55. The second-order valence-electron chi connectivity index (χ2n) is 8.22. The van der Waals surface area contributed by atoms with Crippen LogP contribution in [0.4, 0.5) is 0 Å². The van der Waals surface area contributed by atoms with Gasteiger partial charge in [-0.25, -0.2) is 0 Å². The summed E-state index contributed by atoms with van der Waals surface area (Å²) in [6.45, 7) is 4.91. The lowest BCUT2D eigenvalue weighted by atomic mass is 9.93. The molecule has 2 unspecified atom stereocenters. The van der Waals surface area contributed by atoms with Gasteiger partial charge in [0.15, 0.2) is 0 Å². The highest BCUT2D eigenvalue weighted by Gasteiger charge is 2.31. The first-order chi connectivity index (χ1) is 14.2. The highest BCUT2D eigenvalue weighted by atomic mass is 35.5. The first-order valence-electron chi connectivity index (χ1n) is 10.7. The third-order valence-electron chi connectivity index (χ3n) is 6.44. The third kappa shape index (κ3) is 4.75. The fraction of sp³-hybridized carbons (Fsp3) is 0.522. The molecule has 29 heavy (non-hydrogen) atoms. The molecule has 0 aromatic heterocycles. The van der Waals surface area contributed by atoms with Gasteiger partial charge in [-0.3, -0.25) is 9.69 Å². The molecule has 156 valence electrons. The standard InChI is InChI=1S/C23H30ClN3O2/c24-21-14-19(26-10-8-17(15-25)9-11-26)6-7-20(21)23(28)27-12-13-29-22(16-27)18-4-2-1-3-5-18/h1-5,7,14,17,19,22H,6,8-13,15-16,25H2/p+1. The van der Waals surface area contributed by atoms with Crippen molar-refractivity contribution >= 4 is 17.5 Å². The molecule has 6 heteroatoms. The van der Waals surface area contributed by atoms with E-state index in [0.29, 0.717) is 36.3 Å². The topological polar surface area (TPSA) is 60.4 Å². The number of rotatable bonds is 4. The molecule has 1 aromatic carbocycles. The maximum absolute atomic E-state index is 13.2. The lowest BCUT2D eigenvalue weighted by Crippen LogP contribution is -2.56. The first-order valence-corrected chi connectivity index (χ1v) is 11.1. The number of hydrogen-bond acceptors (Lipinski definition) is 3. The van der Waals surface area contributed by atoms with Gasteiger partial charge in [0.05, 0.1) is 30.3 Å². The first kappa shape index (κ1) is 20.6. The largest absolute Gasteiger partial charge is 0.370 e. The van der Waals surface area contributed by atoms with Crippen molar-refractivity contribution in [3.8, 4) is 0 Å². The molecule has 4 rings (SSSR count). The highest BCUT2D eigenvalue weighted by Crippen LogP contribution is 2.30. The van der Waals surface area contributed by atoms with E-state index in [-0.39, 0.29) is 12.0 Å². The van der Waals surface area contributed by atoms with Gasteiger partial charge in [0.25, 0.3) is 5.91 Å². The van der Waals surface area contributed by atoms with Crippen molar-refractivity contribution in [1.82, 2.24) is 9.80 Å². The van der Waals surface area contributed by atoms with Gasteiger partial charge in [0.1, 0.15) is 6.10 Å². The Bertz CT molecular complexity index is 772. The highest BCUT2D eigenvalue weighted by molar-refractivity contribution is 6.35. The molecule has 2 aliphatic heterocycles. The normalized spacial score (nSPS) is 26.8. The van der Waals surface area contributed by atoms with Crippen molar-refractivity contribution in [2.75, 3.05) is 39.3 Å². The van der Waals surface area contributed by atoms with Crippen LogP contribution in [0.1, 0.15) is 30.9 Å². The number of morpholine rings is 1. The summed E-state index contributed by atoms with van der Waals surface area (Å²) >= 11 is 6.60. The number of hydrogen-bond donors (Lipinski definition) is 1. The van der Waals surface area contributed by atoms with Crippen molar-refractivity contribution in [3.05, 3.63) is 58.7 Å². The number of nitrogens with zero attached hydrogens (tertiary/aromatic N) is 2. The Morgan fingerprint density at radius 2 is 1.93 bits per heavy atom. The number of likely N-dealkylation sites (tertiary alicyclic amines) is 1. The molecule has 0 spiro atoms. The van der Waals surface area contributed by atoms with Crippen molar-refractivity contribution in [1.29, 1.82) is 0 Å². The Hall–Kier alpha value is -1.66. The van der Waals surface area contributed by atoms with Gasteiger partial charge in [-0.15, -0.1) is 0 Å². The number of carbonyl (C=O) groups excluding carboxylic acids is 1. The van der Waals surface area contributed by atoms with Crippen LogP contribution in [0.25, 0.3) is 0 Å². The summed E-state index contributed by atoms with van der Waals surface area (Å²) < 4.78 is 5.90. The Kier molecular flexibility index (Phi) is 6.70. The summed E-state index contributed by atoms with van der Waals surface area (Å²) in [5.41, 5.74) is 5.79. The van der Waals surface area contributed by atoms with Crippen LogP contribution in [-0.4, -0.2) is 61.1 Å². The van der Waals surface area contributed by atoms with Crippen LogP contribution in [0.2, 0.25) is 0 Å². The van der Waals surface area contributed by atoms with Crippen LogP contribution in [0.3, 0.4) is 0 Å². The van der Waals surface area contributed by atoms with Gasteiger partial charge in [-0.1, -0.05) is 48.0 Å². The molecule has 1 aromatic rings. The van der Waals surface area contributed by atoms with E-state index in [1.165, 1.54) is 12.8 Å². The van der Waals surface area contributed by atoms with Crippen LogP contribution in [0.15, 0.2) is 53.1 Å². The van der Waals surface area contributed by atoms with Gasteiger partial charge in [0, 0.05) is 18.5 Å². The molecular formula is C23H31ClN3O2+. The Morgan fingerprint density at radius 3 is 2.62 bits per heavy atom. The van der Waals surface area contributed by atoms with Crippen LogP contribution < -0.4 is 5.73 Å². The van der Waals surface area contributed by atoms with Crippen LogP contribution in [0, 0.1) is 5.92 Å². The molecule has 2 saturated heterocycles. The fourth-order valence-corrected chi connectivity index (χ4v) is 4.86. The van der Waals surface area contributed by atoms with Gasteiger partial charge in [0.2, 0.25) is 0 Å². The monoisotopic (exact) mass is 416 g/mol. The minimum Gasteiger partial charge on any atom is -0.370 e. The average molecular weight is 417 g/mol. The molecule has 3 aliphatic rings. The molecule has 2 heterocycles. The van der Waals surface area contributed by atoms with Gasteiger partial charge < -0.3 is 15.4 Å². The van der Waals surface area contributed by atoms with E-state index in [0.717, 1.165) is 37.5 Å². The van der Waals surface area contributed by atoms with E-state index in [9.17, 15) is 4.79 Å². The lowest BCUT2D eigenvalue weighted by molar-refractivity contribution is -0.380. The number of quaternary nitrogens is 1. The number of amides is 1.